The van der Waals surface area contributed by atoms with Crippen LogP contribution in [0.5, 0.6) is 0 Å². The van der Waals surface area contributed by atoms with Gasteiger partial charge in [0.1, 0.15) is 0 Å². The number of likely N-dealkylation sites (tertiary alicyclic amines) is 1. The maximum atomic E-state index is 12.9. The second kappa shape index (κ2) is 7.86. The van der Waals surface area contributed by atoms with Gasteiger partial charge in [-0.3, -0.25) is 19.8 Å². The summed E-state index contributed by atoms with van der Waals surface area (Å²) < 4.78 is 0. The molecule has 7 nitrogen and oxygen atoms in total. The molecule has 0 unspecified atom stereocenters. The Kier molecular flexibility index (Phi) is 5.56. The number of nitrogens with one attached hydrogen (secondary N) is 1. The topological polar surface area (TPSA) is 95.7 Å². The van der Waals surface area contributed by atoms with Crippen molar-refractivity contribution in [3.05, 3.63) is 35.4 Å². The van der Waals surface area contributed by atoms with Gasteiger partial charge in [0.2, 0.25) is 11.8 Å². The van der Waals surface area contributed by atoms with Crippen molar-refractivity contribution in [2.45, 2.75) is 38.8 Å². The number of piperidine rings is 1. The number of nitrogens with two attached hydrogens (primary N) is 1. The second-order valence-corrected chi connectivity index (χ2v) is 7.12. The molecule has 0 radical (unpaired) electrons. The van der Waals surface area contributed by atoms with Gasteiger partial charge in [0.25, 0.3) is 0 Å². The summed E-state index contributed by atoms with van der Waals surface area (Å²) in [4.78, 5) is 39.6. The van der Waals surface area contributed by atoms with Crippen LogP contribution in [0, 0.1) is 5.92 Å². The van der Waals surface area contributed by atoms with Gasteiger partial charge >= 0.3 is 6.03 Å². The first-order valence-corrected chi connectivity index (χ1v) is 9.15. The van der Waals surface area contributed by atoms with Crippen molar-refractivity contribution in [1.82, 2.24) is 15.1 Å². The molecule has 1 atom stereocenters. The predicted molar refractivity (Wildman–Crippen MR) is 97.0 cm³/mol. The van der Waals surface area contributed by atoms with E-state index < -0.39 is 18.0 Å². The molecule has 3 N–H and O–H groups in total. The lowest BCUT2D eigenvalue weighted by Gasteiger charge is -2.37. The van der Waals surface area contributed by atoms with E-state index in [2.05, 4.69) is 17.4 Å². The molecule has 1 fully saturated rings. The van der Waals surface area contributed by atoms with E-state index in [0.29, 0.717) is 19.6 Å². The summed E-state index contributed by atoms with van der Waals surface area (Å²) in [6, 6.07) is 7.02. The number of rotatable bonds is 3. The minimum Gasteiger partial charge on any atom is -0.351 e. The number of hydrogen-bond donors (Lipinski definition) is 2. The summed E-state index contributed by atoms with van der Waals surface area (Å²) in [6.07, 6.45) is 2.36. The van der Waals surface area contributed by atoms with Crippen LogP contribution in [0.2, 0.25) is 0 Å². The standard InChI is InChI=1S/C19H26N4O3/c1-13(17(24)21-19(20)26)22-9-7-15(8-10-22)18(25)23-11-6-14-4-2-3-5-16(14)12-23/h2-5,13,15H,6-12H2,1H3,(H3,20,21,24,26)/t13-/m0/s1. The largest absolute Gasteiger partial charge is 0.351 e. The van der Waals surface area contributed by atoms with E-state index in [-0.39, 0.29) is 11.8 Å². The molecule has 0 bridgehead atoms. The van der Waals surface area contributed by atoms with Crippen LogP contribution < -0.4 is 11.1 Å². The predicted octanol–water partition coefficient (Wildman–Crippen LogP) is 0.867. The number of hydrogen-bond acceptors (Lipinski definition) is 4. The number of nitrogens with zero attached hydrogens (tertiary/aromatic N) is 2. The molecular formula is C19H26N4O3. The van der Waals surface area contributed by atoms with Crippen LogP contribution in [0.25, 0.3) is 0 Å². The molecule has 1 aromatic rings. The molecule has 2 aliphatic rings. The fourth-order valence-corrected chi connectivity index (χ4v) is 3.87. The molecule has 7 heteroatoms. The first-order chi connectivity index (χ1) is 12.5. The number of primary amides is 1. The van der Waals surface area contributed by atoms with Crippen LogP contribution in [-0.2, 0) is 22.6 Å². The van der Waals surface area contributed by atoms with Gasteiger partial charge < -0.3 is 10.6 Å². The van der Waals surface area contributed by atoms with Crippen molar-refractivity contribution >= 4 is 17.8 Å². The number of urea groups is 1. The average molecular weight is 358 g/mol. The number of amides is 4. The van der Waals surface area contributed by atoms with Crippen molar-refractivity contribution in [2.75, 3.05) is 19.6 Å². The van der Waals surface area contributed by atoms with Gasteiger partial charge in [-0.15, -0.1) is 0 Å². The van der Waals surface area contributed by atoms with Gasteiger partial charge in [0, 0.05) is 19.0 Å². The molecule has 0 aromatic heterocycles. The van der Waals surface area contributed by atoms with Crippen molar-refractivity contribution in [2.24, 2.45) is 11.7 Å². The maximum Gasteiger partial charge on any atom is 0.318 e. The average Bonchev–Trinajstić information content (AvgIpc) is 2.66. The number of fused-ring (bicyclic) bond motifs is 1. The Balaban J connectivity index is 1.53. The van der Waals surface area contributed by atoms with Crippen LogP contribution in [0.3, 0.4) is 0 Å². The molecule has 1 saturated heterocycles. The van der Waals surface area contributed by atoms with Crippen LogP contribution in [0.4, 0.5) is 4.79 Å². The highest BCUT2D eigenvalue weighted by molar-refractivity contribution is 5.96. The molecule has 4 amide bonds. The van der Waals surface area contributed by atoms with Gasteiger partial charge in [-0.25, -0.2) is 4.79 Å². The molecule has 26 heavy (non-hydrogen) atoms. The maximum absolute atomic E-state index is 12.9. The Hall–Kier alpha value is -2.41. The second-order valence-electron chi connectivity index (χ2n) is 7.12. The van der Waals surface area contributed by atoms with Gasteiger partial charge in [0.15, 0.2) is 0 Å². The minimum absolute atomic E-state index is 0.00270. The Labute approximate surface area is 153 Å². The van der Waals surface area contributed by atoms with Crippen LogP contribution >= 0.6 is 0 Å². The fourth-order valence-electron chi connectivity index (χ4n) is 3.87. The van der Waals surface area contributed by atoms with Crippen molar-refractivity contribution in [3.8, 4) is 0 Å². The zero-order valence-electron chi connectivity index (χ0n) is 15.1. The molecule has 1 aromatic carbocycles. The summed E-state index contributed by atoms with van der Waals surface area (Å²) in [5, 5.41) is 2.12. The van der Waals surface area contributed by atoms with Gasteiger partial charge in [-0.2, -0.15) is 0 Å². The third-order valence-corrected chi connectivity index (χ3v) is 5.49. The fraction of sp³-hybridized carbons (Fsp3) is 0.526. The molecule has 3 rings (SSSR count). The summed E-state index contributed by atoms with van der Waals surface area (Å²) >= 11 is 0. The first kappa shape index (κ1) is 18.4. The van der Waals surface area contributed by atoms with E-state index in [4.69, 9.17) is 5.73 Å². The molecule has 140 valence electrons. The van der Waals surface area contributed by atoms with Crippen molar-refractivity contribution < 1.29 is 14.4 Å². The Morgan fingerprint density at radius 1 is 1.12 bits per heavy atom. The summed E-state index contributed by atoms with van der Waals surface area (Å²) in [7, 11) is 0. The molecule has 2 heterocycles. The van der Waals surface area contributed by atoms with Crippen LogP contribution in [0.15, 0.2) is 24.3 Å². The lowest BCUT2D eigenvalue weighted by Crippen LogP contribution is -2.52. The number of carbonyl (C=O) groups excluding carboxylic acids is 3. The van der Waals surface area contributed by atoms with E-state index in [1.807, 2.05) is 21.9 Å². The first-order valence-electron chi connectivity index (χ1n) is 9.15. The number of benzene rings is 1. The van der Waals surface area contributed by atoms with Crippen molar-refractivity contribution in [3.63, 3.8) is 0 Å². The lowest BCUT2D eigenvalue weighted by atomic mass is 9.92. The smallest absolute Gasteiger partial charge is 0.318 e. The monoisotopic (exact) mass is 358 g/mol. The quantitative estimate of drug-likeness (QED) is 0.838. The molecule has 0 spiro atoms. The zero-order chi connectivity index (χ0) is 18.7. The lowest BCUT2D eigenvalue weighted by molar-refractivity contribution is -0.138. The molecular weight excluding hydrogens is 332 g/mol. The van der Waals surface area contributed by atoms with Gasteiger partial charge in [-0.05, 0) is 50.4 Å². The number of carbonyl (C=O) groups is 3. The Bertz CT molecular complexity index is 698. The van der Waals surface area contributed by atoms with Gasteiger partial charge in [-0.1, -0.05) is 24.3 Å². The van der Waals surface area contributed by atoms with E-state index in [0.717, 1.165) is 25.8 Å². The van der Waals surface area contributed by atoms with E-state index >= 15 is 0 Å². The summed E-state index contributed by atoms with van der Waals surface area (Å²) in [5.41, 5.74) is 7.57. The van der Waals surface area contributed by atoms with E-state index in [1.165, 1.54) is 11.1 Å². The zero-order valence-corrected chi connectivity index (χ0v) is 15.1. The minimum atomic E-state index is -0.836. The van der Waals surface area contributed by atoms with Gasteiger partial charge in [0.05, 0.1) is 6.04 Å². The SMILES string of the molecule is C[C@@H](C(=O)NC(N)=O)N1CCC(C(=O)N2CCc3ccccc3C2)CC1. The summed E-state index contributed by atoms with van der Waals surface area (Å²) in [6.45, 7) is 4.53. The van der Waals surface area contributed by atoms with E-state index in [9.17, 15) is 14.4 Å². The normalized spacial score (nSPS) is 19.5. The van der Waals surface area contributed by atoms with Crippen LogP contribution in [-0.4, -0.2) is 53.3 Å². The highest BCUT2D eigenvalue weighted by atomic mass is 16.2. The third kappa shape index (κ3) is 4.04. The molecule has 0 aliphatic carbocycles. The van der Waals surface area contributed by atoms with Crippen molar-refractivity contribution in [1.29, 1.82) is 0 Å². The van der Waals surface area contributed by atoms with Crippen LogP contribution in [0.1, 0.15) is 30.9 Å². The highest BCUT2D eigenvalue weighted by Crippen LogP contribution is 2.25. The highest BCUT2D eigenvalue weighted by Gasteiger charge is 2.33. The number of imide groups is 1. The third-order valence-electron chi connectivity index (χ3n) is 5.49. The Morgan fingerprint density at radius 3 is 2.42 bits per heavy atom. The molecule has 2 aliphatic heterocycles. The molecule has 0 saturated carbocycles. The van der Waals surface area contributed by atoms with E-state index in [1.54, 1.807) is 6.92 Å². The Morgan fingerprint density at radius 2 is 1.77 bits per heavy atom. The summed E-state index contributed by atoms with van der Waals surface area (Å²) in [5.74, 6) is -0.175.